The molecule has 0 heterocycles. The molecule has 2 heteroatoms. The van der Waals surface area contributed by atoms with Crippen LogP contribution in [0.1, 0.15) is 57.1 Å². The molecule has 0 aromatic heterocycles. The van der Waals surface area contributed by atoms with Gasteiger partial charge < -0.3 is 5.32 Å². The van der Waals surface area contributed by atoms with Crippen LogP contribution in [0.25, 0.3) is 0 Å². The van der Waals surface area contributed by atoms with Crippen molar-refractivity contribution < 1.29 is 4.39 Å². The van der Waals surface area contributed by atoms with Gasteiger partial charge in [0.2, 0.25) is 0 Å². The molecule has 3 rings (SSSR count). The molecule has 2 fully saturated rings. The lowest BCUT2D eigenvalue weighted by atomic mass is 9.82. The summed E-state index contributed by atoms with van der Waals surface area (Å²) < 4.78 is 13.1. The van der Waals surface area contributed by atoms with Crippen LogP contribution < -0.4 is 5.32 Å². The SMILES string of the molecule is CC1CCCC(CNC(c2ccc(F)cc2)C2CC2)C1. The highest BCUT2D eigenvalue weighted by atomic mass is 19.1. The average molecular weight is 275 g/mol. The third kappa shape index (κ3) is 3.60. The van der Waals surface area contributed by atoms with Crippen molar-refractivity contribution in [3.05, 3.63) is 35.6 Å². The fourth-order valence-electron chi connectivity index (χ4n) is 3.70. The fraction of sp³-hybridized carbons (Fsp3) is 0.667. The summed E-state index contributed by atoms with van der Waals surface area (Å²) in [6.45, 7) is 3.51. The summed E-state index contributed by atoms with van der Waals surface area (Å²) in [6, 6.07) is 7.53. The summed E-state index contributed by atoms with van der Waals surface area (Å²) >= 11 is 0. The Bertz CT molecular complexity index is 424. The molecule has 0 radical (unpaired) electrons. The summed E-state index contributed by atoms with van der Waals surface area (Å²) in [5.41, 5.74) is 1.26. The molecule has 1 nitrogen and oxygen atoms in total. The first-order chi connectivity index (χ1) is 9.72. The molecular formula is C18H26FN. The van der Waals surface area contributed by atoms with Crippen molar-refractivity contribution in [1.82, 2.24) is 5.32 Å². The molecule has 0 bridgehead atoms. The van der Waals surface area contributed by atoms with Crippen LogP contribution in [0.5, 0.6) is 0 Å². The second kappa shape index (κ2) is 6.26. The fourth-order valence-corrected chi connectivity index (χ4v) is 3.70. The van der Waals surface area contributed by atoms with Crippen LogP contribution in [-0.4, -0.2) is 6.54 Å². The third-order valence-corrected chi connectivity index (χ3v) is 4.99. The molecular weight excluding hydrogens is 249 g/mol. The number of rotatable bonds is 5. The lowest BCUT2D eigenvalue weighted by Crippen LogP contribution is -2.31. The molecule has 1 aromatic rings. The number of nitrogens with one attached hydrogen (secondary N) is 1. The highest BCUT2D eigenvalue weighted by Gasteiger charge is 2.32. The third-order valence-electron chi connectivity index (χ3n) is 4.99. The summed E-state index contributed by atoms with van der Waals surface area (Å²) in [6.07, 6.45) is 8.16. The van der Waals surface area contributed by atoms with E-state index in [1.807, 2.05) is 12.1 Å². The quantitative estimate of drug-likeness (QED) is 0.822. The second-order valence-electron chi connectivity index (χ2n) is 6.91. The lowest BCUT2D eigenvalue weighted by molar-refractivity contribution is 0.263. The molecule has 2 aliphatic carbocycles. The first kappa shape index (κ1) is 14.1. The van der Waals surface area contributed by atoms with Gasteiger partial charge in [0.1, 0.15) is 5.82 Å². The van der Waals surface area contributed by atoms with Crippen molar-refractivity contribution in [2.24, 2.45) is 17.8 Å². The summed E-state index contributed by atoms with van der Waals surface area (Å²) in [7, 11) is 0. The Morgan fingerprint density at radius 2 is 1.90 bits per heavy atom. The Morgan fingerprint density at radius 3 is 2.55 bits per heavy atom. The largest absolute Gasteiger partial charge is 0.309 e. The van der Waals surface area contributed by atoms with Gasteiger partial charge in [-0.2, -0.15) is 0 Å². The van der Waals surface area contributed by atoms with E-state index in [0.29, 0.717) is 6.04 Å². The topological polar surface area (TPSA) is 12.0 Å². The normalized spacial score (nSPS) is 28.3. The highest BCUT2D eigenvalue weighted by molar-refractivity contribution is 5.22. The van der Waals surface area contributed by atoms with Gasteiger partial charge in [-0.3, -0.25) is 0 Å². The second-order valence-corrected chi connectivity index (χ2v) is 6.91. The van der Waals surface area contributed by atoms with Gasteiger partial charge in [0.25, 0.3) is 0 Å². The van der Waals surface area contributed by atoms with Gasteiger partial charge in [0.15, 0.2) is 0 Å². The van der Waals surface area contributed by atoms with Crippen molar-refractivity contribution in [2.75, 3.05) is 6.54 Å². The zero-order chi connectivity index (χ0) is 13.9. The summed E-state index contributed by atoms with van der Waals surface area (Å²) in [4.78, 5) is 0. The van der Waals surface area contributed by atoms with Gasteiger partial charge in [-0.1, -0.05) is 31.9 Å². The van der Waals surface area contributed by atoms with Crippen LogP contribution in [0.2, 0.25) is 0 Å². The average Bonchev–Trinajstić information content (AvgIpc) is 3.26. The van der Waals surface area contributed by atoms with Crippen LogP contribution in [-0.2, 0) is 0 Å². The van der Waals surface area contributed by atoms with E-state index in [0.717, 1.165) is 24.3 Å². The van der Waals surface area contributed by atoms with E-state index in [9.17, 15) is 4.39 Å². The van der Waals surface area contributed by atoms with Crippen molar-refractivity contribution in [1.29, 1.82) is 0 Å². The minimum absolute atomic E-state index is 0.135. The maximum atomic E-state index is 13.1. The van der Waals surface area contributed by atoms with E-state index < -0.39 is 0 Å². The maximum Gasteiger partial charge on any atom is 0.123 e. The van der Waals surface area contributed by atoms with Crippen molar-refractivity contribution in [3.63, 3.8) is 0 Å². The Kier molecular flexibility index (Phi) is 4.40. The molecule has 3 unspecified atom stereocenters. The van der Waals surface area contributed by atoms with Crippen LogP contribution in [0.3, 0.4) is 0 Å². The van der Waals surface area contributed by atoms with Crippen molar-refractivity contribution in [2.45, 2.75) is 51.5 Å². The predicted molar refractivity (Wildman–Crippen MR) is 81.0 cm³/mol. The van der Waals surface area contributed by atoms with Crippen LogP contribution >= 0.6 is 0 Å². The Hall–Kier alpha value is -0.890. The molecule has 20 heavy (non-hydrogen) atoms. The van der Waals surface area contributed by atoms with E-state index in [1.54, 1.807) is 12.1 Å². The smallest absolute Gasteiger partial charge is 0.123 e. The summed E-state index contributed by atoms with van der Waals surface area (Å²) in [5, 5.41) is 3.79. The van der Waals surface area contributed by atoms with Crippen LogP contribution in [0, 0.1) is 23.6 Å². The van der Waals surface area contributed by atoms with E-state index in [4.69, 9.17) is 0 Å². The monoisotopic (exact) mass is 275 g/mol. The molecule has 110 valence electrons. The molecule has 2 aliphatic rings. The van der Waals surface area contributed by atoms with E-state index in [1.165, 1.54) is 44.1 Å². The minimum atomic E-state index is -0.135. The van der Waals surface area contributed by atoms with E-state index in [2.05, 4.69) is 12.2 Å². The molecule has 0 saturated heterocycles. The zero-order valence-electron chi connectivity index (χ0n) is 12.4. The van der Waals surface area contributed by atoms with Gasteiger partial charge in [-0.25, -0.2) is 4.39 Å². The number of hydrogen-bond donors (Lipinski definition) is 1. The van der Waals surface area contributed by atoms with Crippen molar-refractivity contribution in [3.8, 4) is 0 Å². The number of hydrogen-bond acceptors (Lipinski definition) is 1. The van der Waals surface area contributed by atoms with E-state index >= 15 is 0 Å². The van der Waals surface area contributed by atoms with Gasteiger partial charge in [-0.05, 0) is 67.7 Å². The van der Waals surface area contributed by atoms with Crippen molar-refractivity contribution >= 4 is 0 Å². The first-order valence-electron chi connectivity index (χ1n) is 8.21. The Labute approximate surface area is 122 Å². The summed E-state index contributed by atoms with van der Waals surface area (Å²) in [5.74, 6) is 2.35. The maximum absolute atomic E-state index is 13.1. The molecule has 0 spiro atoms. The van der Waals surface area contributed by atoms with E-state index in [-0.39, 0.29) is 5.82 Å². The zero-order valence-corrected chi connectivity index (χ0v) is 12.4. The van der Waals surface area contributed by atoms with Gasteiger partial charge in [0, 0.05) is 6.04 Å². The minimum Gasteiger partial charge on any atom is -0.309 e. The van der Waals surface area contributed by atoms with Gasteiger partial charge in [0.05, 0.1) is 0 Å². The standard InChI is InChI=1S/C18H26FN/c1-13-3-2-4-14(11-13)12-20-18(15-5-6-15)16-7-9-17(19)10-8-16/h7-10,13-15,18,20H,2-6,11-12H2,1H3. The number of halogens is 1. The van der Waals surface area contributed by atoms with Crippen LogP contribution in [0.4, 0.5) is 4.39 Å². The lowest BCUT2D eigenvalue weighted by Gasteiger charge is -2.29. The Morgan fingerprint density at radius 1 is 1.15 bits per heavy atom. The van der Waals surface area contributed by atoms with Crippen LogP contribution in [0.15, 0.2) is 24.3 Å². The molecule has 1 N–H and O–H groups in total. The molecule has 0 amide bonds. The highest BCUT2D eigenvalue weighted by Crippen LogP contribution is 2.41. The van der Waals surface area contributed by atoms with Gasteiger partial charge in [-0.15, -0.1) is 0 Å². The predicted octanol–water partition coefficient (Wildman–Crippen LogP) is 4.69. The molecule has 0 aliphatic heterocycles. The molecule has 3 atom stereocenters. The first-order valence-corrected chi connectivity index (χ1v) is 8.21. The molecule has 1 aromatic carbocycles. The number of benzene rings is 1. The van der Waals surface area contributed by atoms with Gasteiger partial charge >= 0.3 is 0 Å². The Balaban J connectivity index is 1.59. The molecule has 2 saturated carbocycles.